The largest absolute Gasteiger partial charge is 0.409 e. The van der Waals surface area contributed by atoms with Crippen molar-refractivity contribution >= 4 is 40.3 Å². The zero-order valence-corrected chi connectivity index (χ0v) is 16.9. The molecular formula is C17H16ClF3N6OS. The van der Waals surface area contributed by atoms with Crippen molar-refractivity contribution in [2.45, 2.75) is 37.5 Å². The van der Waals surface area contributed by atoms with Gasteiger partial charge in [0.05, 0.1) is 18.4 Å². The number of fused-ring (bicyclic) bond motifs is 1. The average Bonchev–Trinajstić information content (AvgIpc) is 2.67. The van der Waals surface area contributed by atoms with E-state index in [1.807, 2.05) is 13.0 Å². The summed E-state index contributed by atoms with van der Waals surface area (Å²) < 4.78 is 40.5. The molecule has 12 heteroatoms. The molecule has 0 spiro atoms. The molecule has 0 aliphatic carbocycles. The molecule has 0 fully saturated rings. The number of aromatic nitrogens is 5. The van der Waals surface area contributed by atoms with E-state index in [1.54, 1.807) is 24.0 Å². The highest BCUT2D eigenvalue weighted by Gasteiger charge is 2.39. The lowest BCUT2D eigenvalue weighted by Gasteiger charge is -2.20. The van der Waals surface area contributed by atoms with Gasteiger partial charge in [0.2, 0.25) is 5.28 Å². The van der Waals surface area contributed by atoms with E-state index in [-0.39, 0.29) is 28.8 Å². The smallest absolute Gasteiger partial charge is 0.360 e. The quantitative estimate of drug-likeness (QED) is 0.453. The minimum Gasteiger partial charge on any atom is -0.360 e. The fourth-order valence-corrected chi connectivity index (χ4v) is 3.30. The maximum Gasteiger partial charge on any atom is 0.409 e. The molecule has 0 radical (unpaired) electrons. The number of hydrogen-bond acceptors (Lipinski definition) is 7. The first-order valence-corrected chi connectivity index (χ1v) is 9.90. The summed E-state index contributed by atoms with van der Waals surface area (Å²) in [5.41, 5.74) is -0.635. The highest BCUT2D eigenvalue weighted by Crippen LogP contribution is 2.31. The van der Waals surface area contributed by atoms with Gasteiger partial charge in [-0.15, -0.1) is 11.8 Å². The standard InChI is InChI=1S/C17H16ClF3N6OS/c1-3-29-11-5-4-10(22-7-11)6-23-13-15(28)27(9(2)17(19,20)21)14-12(25-13)8-24-16(18)26-14/h4-5,7-9H,3,6H2,1-2H3,(H,23,25). The van der Waals surface area contributed by atoms with Crippen molar-refractivity contribution in [2.75, 3.05) is 11.1 Å². The van der Waals surface area contributed by atoms with Crippen molar-refractivity contribution in [2.24, 2.45) is 0 Å². The molecule has 1 atom stereocenters. The van der Waals surface area contributed by atoms with Crippen LogP contribution in [0.2, 0.25) is 5.28 Å². The molecule has 0 amide bonds. The van der Waals surface area contributed by atoms with Gasteiger partial charge in [0, 0.05) is 11.1 Å². The fraction of sp³-hybridized carbons (Fsp3) is 0.353. The number of halogens is 4. The van der Waals surface area contributed by atoms with Gasteiger partial charge in [0.1, 0.15) is 11.6 Å². The normalized spacial score (nSPS) is 12.9. The van der Waals surface area contributed by atoms with Gasteiger partial charge in [-0.2, -0.15) is 18.2 Å². The third-order valence-corrected chi connectivity index (χ3v) is 5.05. The molecule has 0 saturated heterocycles. The molecule has 0 aromatic carbocycles. The summed E-state index contributed by atoms with van der Waals surface area (Å²) in [4.78, 5) is 29.6. The van der Waals surface area contributed by atoms with Crippen LogP contribution in [-0.4, -0.2) is 36.4 Å². The Kier molecular flexibility index (Phi) is 6.27. The number of thioether (sulfide) groups is 1. The minimum atomic E-state index is -4.67. The Labute approximate surface area is 172 Å². The van der Waals surface area contributed by atoms with Crippen LogP contribution < -0.4 is 10.9 Å². The lowest BCUT2D eigenvalue weighted by atomic mass is 10.3. The van der Waals surface area contributed by atoms with Crippen LogP contribution in [-0.2, 0) is 6.54 Å². The molecule has 0 aliphatic rings. The minimum absolute atomic E-state index is 0.00949. The zero-order valence-electron chi connectivity index (χ0n) is 15.4. The van der Waals surface area contributed by atoms with E-state index >= 15 is 0 Å². The molecule has 1 N–H and O–H groups in total. The van der Waals surface area contributed by atoms with E-state index in [9.17, 15) is 18.0 Å². The molecule has 3 aromatic rings. The van der Waals surface area contributed by atoms with Crippen molar-refractivity contribution < 1.29 is 13.2 Å². The van der Waals surface area contributed by atoms with E-state index in [2.05, 4.69) is 25.3 Å². The number of rotatable bonds is 6. The van der Waals surface area contributed by atoms with E-state index in [0.717, 1.165) is 17.6 Å². The van der Waals surface area contributed by atoms with Crippen LogP contribution in [0.5, 0.6) is 0 Å². The van der Waals surface area contributed by atoms with E-state index in [4.69, 9.17) is 11.6 Å². The topological polar surface area (TPSA) is 85.6 Å². The first kappa shape index (κ1) is 21.3. The molecular weight excluding hydrogens is 429 g/mol. The monoisotopic (exact) mass is 444 g/mol. The van der Waals surface area contributed by atoms with Crippen LogP contribution in [0.4, 0.5) is 19.0 Å². The van der Waals surface area contributed by atoms with Crippen LogP contribution >= 0.6 is 23.4 Å². The lowest BCUT2D eigenvalue weighted by molar-refractivity contribution is -0.162. The van der Waals surface area contributed by atoms with Gasteiger partial charge in [-0.3, -0.25) is 14.3 Å². The average molecular weight is 445 g/mol. The van der Waals surface area contributed by atoms with Gasteiger partial charge < -0.3 is 5.32 Å². The Morgan fingerprint density at radius 2 is 2.00 bits per heavy atom. The Morgan fingerprint density at radius 3 is 2.62 bits per heavy atom. The first-order chi connectivity index (χ1) is 13.7. The Balaban J connectivity index is 1.99. The second-order valence-electron chi connectivity index (χ2n) is 5.97. The number of hydrogen-bond donors (Lipinski definition) is 1. The molecule has 154 valence electrons. The molecule has 7 nitrogen and oxygen atoms in total. The van der Waals surface area contributed by atoms with E-state index < -0.39 is 17.8 Å². The Hall–Kier alpha value is -2.40. The number of pyridine rings is 1. The van der Waals surface area contributed by atoms with Crippen molar-refractivity contribution in [3.05, 3.63) is 45.9 Å². The molecule has 0 saturated carbocycles. The fourth-order valence-electron chi connectivity index (χ4n) is 2.54. The molecule has 3 aromatic heterocycles. The molecule has 0 bridgehead atoms. The summed E-state index contributed by atoms with van der Waals surface area (Å²) in [5, 5.41) is 2.48. The second kappa shape index (κ2) is 8.54. The van der Waals surface area contributed by atoms with Gasteiger partial charge in [-0.25, -0.2) is 9.97 Å². The molecule has 29 heavy (non-hydrogen) atoms. The summed E-state index contributed by atoms with van der Waals surface area (Å²) in [6, 6.07) is 1.52. The van der Waals surface area contributed by atoms with Crippen LogP contribution in [0.25, 0.3) is 11.2 Å². The molecule has 0 aliphatic heterocycles. The molecule has 3 rings (SSSR count). The highest BCUT2D eigenvalue weighted by atomic mass is 35.5. The zero-order chi connectivity index (χ0) is 21.2. The number of anilines is 1. The Morgan fingerprint density at radius 1 is 1.24 bits per heavy atom. The predicted molar refractivity (Wildman–Crippen MR) is 105 cm³/mol. The van der Waals surface area contributed by atoms with Gasteiger partial charge in [-0.1, -0.05) is 6.92 Å². The first-order valence-electron chi connectivity index (χ1n) is 8.53. The van der Waals surface area contributed by atoms with Crippen LogP contribution in [0.1, 0.15) is 25.6 Å². The van der Waals surface area contributed by atoms with Crippen LogP contribution in [0.15, 0.2) is 34.2 Å². The van der Waals surface area contributed by atoms with Gasteiger partial charge in [0.25, 0.3) is 5.56 Å². The number of nitrogens with one attached hydrogen (secondary N) is 1. The van der Waals surface area contributed by atoms with Crippen molar-refractivity contribution in [1.29, 1.82) is 0 Å². The summed E-state index contributed by atoms with van der Waals surface area (Å²) in [5.74, 6) is 0.650. The highest BCUT2D eigenvalue weighted by molar-refractivity contribution is 7.99. The Bertz CT molecular complexity index is 1070. The van der Waals surface area contributed by atoms with E-state index in [0.29, 0.717) is 10.3 Å². The number of nitrogens with zero attached hydrogens (tertiary/aromatic N) is 5. The van der Waals surface area contributed by atoms with E-state index in [1.165, 1.54) is 6.20 Å². The maximum atomic E-state index is 13.3. The van der Waals surface area contributed by atoms with Crippen molar-refractivity contribution in [3.63, 3.8) is 0 Å². The van der Waals surface area contributed by atoms with Crippen molar-refractivity contribution in [1.82, 2.24) is 24.5 Å². The van der Waals surface area contributed by atoms with Crippen LogP contribution in [0.3, 0.4) is 0 Å². The molecule has 3 heterocycles. The molecule has 1 unspecified atom stereocenters. The van der Waals surface area contributed by atoms with Crippen LogP contribution in [0, 0.1) is 0 Å². The van der Waals surface area contributed by atoms with Gasteiger partial charge in [0.15, 0.2) is 11.5 Å². The predicted octanol–water partition coefficient (Wildman–Crippen LogP) is 4.08. The maximum absolute atomic E-state index is 13.3. The third kappa shape index (κ3) is 4.78. The van der Waals surface area contributed by atoms with Gasteiger partial charge in [-0.05, 0) is 36.4 Å². The second-order valence-corrected chi connectivity index (χ2v) is 7.65. The number of alkyl halides is 3. The summed E-state index contributed by atoms with van der Waals surface area (Å²) in [7, 11) is 0. The third-order valence-electron chi connectivity index (χ3n) is 4.01. The summed E-state index contributed by atoms with van der Waals surface area (Å²) in [6.45, 7) is 3.00. The van der Waals surface area contributed by atoms with Gasteiger partial charge >= 0.3 is 6.18 Å². The summed E-state index contributed by atoms with van der Waals surface area (Å²) >= 11 is 7.34. The SMILES string of the molecule is CCSc1ccc(CNc2nc3cnc(Cl)nc3n(C(C)C(F)(F)F)c2=O)nc1. The summed E-state index contributed by atoms with van der Waals surface area (Å²) in [6.07, 6.45) is -1.80. The van der Waals surface area contributed by atoms with Crippen molar-refractivity contribution in [3.8, 4) is 0 Å². The lowest BCUT2D eigenvalue weighted by Crippen LogP contribution is -2.35.